The molecular formula is C19H15ClN4O. The number of nitrogens with one attached hydrogen (secondary N) is 1. The molecule has 0 atom stereocenters. The van der Waals surface area contributed by atoms with Crippen LogP contribution in [0.1, 0.15) is 11.5 Å². The van der Waals surface area contributed by atoms with Crippen molar-refractivity contribution in [2.45, 2.75) is 13.8 Å². The van der Waals surface area contributed by atoms with Gasteiger partial charge in [-0.2, -0.15) is 0 Å². The molecule has 0 aliphatic rings. The van der Waals surface area contributed by atoms with Gasteiger partial charge in [0.25, 0.3) is 0 Å². The summed E-state index contributed by atoms with van der Waals surface area (Å²) < 4.78 is 5.29. The highest BCUT2D eigenvalue weighted by atomic mass is 35.5. The Morgan fingerprint density at radius 1 is 1.00 bits per heavy atom. The Kier molecular flexibility index (Phi) is 3.86. The van der Waals surface area contributed by atoms with E-state index in [2.05, 4.69) is 26.5 Å². The molecule has 2 aromatic carbocycles. The zero-order chi connectivity index (χ0) is 17.4. The maximum atomic E-state index is 5.95. The standard InChI is InChI=1S/C19H15ClN4O/c1-11-18(12(2)25-24-11)13-3-8-17-16(9-13)19(22-10-21-17)23-15-6-4-14(20)5-7-15/h3-10H,1-2H3,(H,21,22,23). The molecule has 0 saturated heterocycles. The zero-order valence-corrected chi connectivity index (χ0v) is 14.5. The first kappa shape index (κ1) is 15.6. The van der Waals surface area contributed by atoms with E-state index in [4.69, 9.17) is 16.1 Å². The Morgan fingerprint density at radius 3 is 2.52 bits per heavy atom. The molecule has 124 valence electrons. The van der Waals surface area contributed by atoms with E-state index in [-0.39, 0.29) is 0 Å². The monoisotopic (exact) mass is 350 g/mol. The third-order valence-electron chi connectivity index (χ3n) is 4.06. The van der Waals surface area contributed by atoms with Gasteiger partial charge in [0, 0.05) is 21.7 Å². The smallest absolute Gasteiger partial charge is 0.141 e. The number of hydrogen-bond acceptors (Lipinski definition) is 5. The Labute approximate surface area is 149 Å². The van der Waals surface area contributed by atoms with Crippen LogP contribution in [0.25, 0.3) is 22.0 Å². The van der Waals surface area contributed by atoms with Gasteiger partial charge in [0.05, 0.1) is 11.2 Å². The summed E-state index contributed by atoms with van der Waals surface area (Å²) in [5, 5.41) is 8.98. The number of anilines is 2. The molecule has 6 heteroatoms. The predicted octanol–water partition coefficient (Wildman–Crippen LogP) is 5.30. The van der Waals surface area contributed by atoms with Crippen LogP contribution in [0.5, 0.6) is 0 Å². The van der Waals surface area contributed by atoms with Gasteiger partial charge < -0.3 is 9.84 Å². The van der Waals surface area contributed by atoms with Crippen molar-refractivity contribution in [1.29, 1.82) is 0 Å². The normalized spacial score (nSPS) is 11.0. The molecule has 5 nitrogen and oxygen atoms in total. The van der Waals surface area contributed by atoms with Crippen molar-refractivity contribution in [2.75, 3.05) is 5.32 Å². The second-order valence-electron chi connectivity index (χ2n) is 5.79. The van der Waals surface area contributed by atoms with Gasteiger partial charge in [-0.1, -0.05) is 22.8 Å². The minimum absolute atomic E-state index is 0.693. The zero-order valence-electron chi connectivity index (χ0n) is 13.7. The number of nitrogens with zero attached hydrogens (tertiary/aromatic N) is 3. The van der Waals surface area contributed by atoms with Crippen molar-refractivity contribution < 1.29 is 4.52 Å². The maximum absolute atomic E-state index is 5.95. The van der Waals surface area contributed by atoms with E-state index >= 15 is 0 Å². The fourth-order valence-electron chi connectivity index (χ4n) is 2.88. The second kappa shape index (κ2) is 6.18. The van der Waals surface area contributed by atoms with E-state index < -0.39 is 0 Å². The molecule has 0 bridgehead atoms. The van der Waals surface area contributed by atoms with Gasteiger partial charge >= 0.3 is 0 Å². The van der Waals surface area contributed by atoms with Crippen LogP contribution in [0.2, 0.25) is 5.02 Å². The first-order valence-corrected chi connectivity index (χ1v) is 8.20. The summed E-state index contributed by atoms with van der Waals surface area (Å²) in [5.41, 5.74) is 4.66. The fourth-order valence-corrected chi connectivity index (χ4v) is 3.00. The molecule has 0 amide bonds. The molecule has 4 aromatic rings. The number of aryl methyl sites for hydroxylation is 2. The van der Waals surface area contributed by atoms with Crippen molar-refractivity contribution in [1.82, 2.24) is 15.1 Å². The number of aromatic nitrogens is 3. The molecule has 2 heterocycles. The summed E-state index contributed by atoms with van der Waals surface area (Å²) in [6, 6.07) is 13.5. The third kappa shape index (κ3) is 2.94. The van der Waals surface area contributed by atoms with E-state index in [9.17, 15) is 0 Å². The molecule has 0 radical (unpaired) electrons. The van der Waals surface area contributed by atoms with E-state index in [1.807, 2.05) is 50.2 Å². The van der Waals surface area contributed by atoms with Gasteiger partial charge in [-0.3, -0.25) is 0 Å². The molecule has 2 aromatic heterocycles. The van der Waals surface area contributed by atoms with Gasteiger partial charge in [0.1, 0.15) is 17.9 Å². The largest absolute Gasteiger partial charge is 0.361 e. The number of benzene rings is 2. The van der Waals surface area contributed by atoms with Crippen LogP contribution in [0, 0.1) is 13.8 Å². The van der Waals surface area contributed by atoms with Crippen molar-refractivity contribution in [2.24, 2.45) is 0 Å². The SMILES string of the molecule is Cc1noc(C)c1-c1ccc2ncnc(Nc3ccc(Cl)cc3)c2c1. The van der Waals surface area contributed by atoms with Gasteiger partial charge in [0.15, 0.2) is 0 Å². The molecular weight excluding hydrogens is 336 g/mol. The van der Waals surface area contributed by atoms with E-state index in [0.29, 0.717) is 5.02 Å². The minimum Gasteiger partial charge on any atom is -0.361 e. The van der Waals surface area contributed by atoms with Crippen LogP contribution < -0.4 is 5.32 Å². The minimum atomic E-state index is 0.693. The first-order chi connectivity index (χ1) is 12.1. The summed E-state index contributed by atoms with van der Waals surface area (Å²) in [7, 11) is 0. The average molecular weight is 351 g/mol. The highest BCUT2D eigenvalue weighted by molar-refractivity contribution is 6.30. The van der Waals surface area contributed by atoms with Crippen molar-refractivity contribution in [3.05, 3.63) is 65.3 Å². The summed E-state index contributed by atoms with van der Waals surface area (Å²) >= 11 is 5.95. The highest BCUT2D eigenvalue weighted by Crippen LogP contribution is 2.32. The molecule has 0 spiro atoms. The Bertz CT molecular complexity index is 1040. The van der Waals surface area contributed by atoms with Crippen molar-refractivity contribution in [3.63, 3.8) is 0 Å². The Morgan fingerprint density at radius 2 is 1.80 bits per heavy atom. The lowest BCUT2D eigenvalue weighted by Crippen LogP contribution is -1.96. The molecule has 25 heavy (non-hydrogen) atoms. The van der Waals surface area contributed by atoms with Gasteiger partial charge in [0.2, 0.25) is 0 Å². The van der Waals surface area contributed by atoms with E-state index in [1.165, 1.54) is 0 Å². The predicted molar refractivity (Wildman–Crippen MR) is 99.2 cm³/mol. The number of hydrogen-bond donors (Lipinski definition) is 1. The number of fused-ring (bicyclic) bond motifs is 1. The van der Waals surface area contributed by atoms with Crippen LogP contribution in [0.4, 0.5) is 11.5 Å². The molecule has 0 aliphatic heterocycles. The second-order valence-corrected chi connectivity index (χ2v) is 6.22. The van der Waals surface area contributed by atoms with E-state index in [1.54, 1.807) is 6.33 Å². The van der Waals surface area contributed by atoms with Crippen LogP contribution in [-0.2, 0) is 0 Å². The van der Waals surface area contributed by atoms with Crippen molar-refractivity contribution >= 4 is 34.0 Å². The lowest BCUT2D eigenvalue weighted by atomic mass is 10.0. The van der Waals surface area contributed by atoms with Crippen LogP contribution >= 0.6 is 11.6 Å². The van der Waals surface area contributed by atoms with Gasteiger partial charge in [-0.05, 0) is 55.8 Å². The summed E-state index contributed by atoms with van der Waals surface area (Å²) in [4.78, 5) is 8.75. The summed E-state index contributed by atoms with van der Waals surface area (Å²) in [5.74, 6) is 1.53. The average Bonchev–Trinajstić information content (AvgIpc) is 2.95. The lowest BCUT2D eigenvalue weighted by molar-refractivity contribution is 0.393. The van der Waals surface area contributed by atoms with Crippen LogP contribution in [0.15, 0.2) is 53.3 Å². The summed E-state index contributed by atoms with van der Waals surface area (Å²) in [6.07, 6.45) is 1.55. The van der Waals surface area contributed by atoms with Crippen molar-refractivity contribution in [3.8, 4) is 11.1 Å². The molecule has 1 N–H and O–H groups in total. The topological polar surface area (TPSA) is 63.8 Å². The molecule has 0 fully saturated rings. The van der Waals surface area contributed by atoms with Gasteiger partial charge in [-0.15, -0.1) is 0 Å². The number of rotatable bonds is 3. The Balaban J connectivity index is 1.82. The number of halogens is 1. The third-order valence-corrected chi connectivity index (χ3v) is 4.32. The maximum Gasteiger partial charge on any atom is 0.141 e. The lowest BCUT2D eigenvalue weighted by Gasteiger charge is -2.10. The van der Waals surface area contributed by atoms with Gasteiger partial charge in [-0.25, -0.2) is 9.97 Å². The molecule has 0 unspecified atom stereocenters. The fraction of sp³-hybridized carbons (Fsp3) is 0.105. The first-order valence-electron chi connectivity index (χ1n) is 7.82. The molecule has 0 saturated carbocycles. The quantitative estimate of drug-likeness (QED) is 0.543. The van der Waals surface area contributed by atoms with Crippen LogP contribution in [0.3, 0.4) is 0 Å². The van der Waals surface area contributed by atoms with E-state index in [0.717, 1.165) is 45.0 Å². The molecule has 0 aliphatic carbocycles. The Hall–Kier alpha value is -2.92. The summed E-state index contributed by atoms with van der Waals surface area (Å²) in [6.45, 7) is 3.85. The van der Waals surface area contributed by atoms with Crippen LogP contribution in [-0.4, -0.2) is 15.1 Å². The highest BCUT2D eigenvalue weighted by Gasteiger charge is 2.13. The molecule has 4 rings (SSSR count).